The minimum absolute atomic E-state index is 0.00237. The fourth-order valence-corrected chi connectivity index (χ4v) is 2.94. The lowest BCUT2D eigenvalue weighted by molar-refractivity contribution is -0.138. The van der Waals surface area contributed by atoms with Gasteiger partial charge in [0.15, 0.2) is 0 Å². The van der Waals surface area contributed by atoms with E-state index in [-0.39, 0.29) is 29.8 Å². The molecule has 17 heavy (non-hydrogen) atoms. The maximum atomic E-state index is 12.4. The average molecular weight is 239 g/mol. The molecule has 0 N–H and O–H groups in total. The van der Waals surface area contributed by atoms with Gasteiger partial charge in [0.05, 0.1) is 12.0 Å². The molecular weight excluding hydrogens is 218 g/mol. The summed E-state index contributed by atoms with van der Waals surface area (Å²) in [6.45, 7) is 5.05. The highest BCUT2D eigenvalue weighted by molar-refractivity contribution is 5.82. The van der Waals surface area contributed by atoms with Crippen molar-refractivity contribution in [2.24, 2.45) is 5.92 Å². The molecule has 2 saturated heterocycles. The van der Waals surface area contributed by atoms with E-state index in [0.717, 1.165) is 25.8 Å². The normalized spacial score (nSPS) is 33.1. The van der Waals surface area contributed by atoms with Crippen LogP contribution in [0.25, 0.3) is 0 Å². The van der Waals surface area contributed by atoms with Crippen molar-refractivity contribution in [1.29, 1.82) is 0 Å². The summed E-state index contributed by atoms with van der Waals surface area (Å²) in [6.07, 6.45) is 3.34. The Morgan fingerprint density at radius 1 is 1.35 bits per heavy atom. The SMILES string of the molecule is CC(=O)CC1CCCN1C(=O)C1CCOC1C. The number of carbonyl (C=O) groups excluding carboxylic acids is 2. The zero-order valence-electron chi connectivity index (χ0n) is 10.6. The van der Waals surface area contributed by atoms with Crippen molar-refractivity contribution >= 4 is 11.7 Å². The molecule has 2 aliphatic rings. The standard InChI is InChI=1S/C13H21NO3/c1-9(15)8-11-4-3-6-14(11)13(16)12-5-7-17-10(12)2/h10-12H,3-8H2,1-2H3. The van der Waals surface area contributed by atoms with Gasteiger partial charge in [-0.05, 0) is 33.1 Å². The topological polar surface area (TPSA) is 46.6 Å². The summed E-state index contributed by atoms with van der Waals surface area (Å²) in [5.41, 5.74) is 0. The Kier molecular flexibility index (Phi) is 3.82. The highest BCUT2D eigenvalue weighted by Crippen LogP contribution is 2.28. The van der Waals surface area contributed by atoms with E-state index in [1.165, 1.54) is 0 Å². The van der Waals surface area contributed by atoms with Gasteiger partial charge in [0, 0.05) is 25.6 Å². The number of nitrogens with zero attached hydrogens (tertiary/aromatic N) is 1. The van der Waals surface area contributed by atoms with Crippen LogP contribution in [0.15, 0.2) is 0 Å². The Bertz CT molecular complexity index is 316. The average Bonchev–Trinajstić information content (AvgIpc) is 2.85. The maximum Gasteiger partial charge on any atom is 0.228 e. The van der Waals surface area contributed by atoms with Gasteiger partial charge in [-0.25, -0.2) is 0 Å². The Labute approximate surface area is 102 Å². The number of ketones is 1. The molecule has 1 amide bonds. The monoisotopic (exact) mass is 239 g/mol. The van der Waals surface area contributed by atoms with Gasteiger partial charge in [0.25, 0.3) is 0 Å². The Morgan fingerprint density at radius 2 is 2.12 bits per heavy atom. The third kappa shape index (κ3) is 2.68. The Balaban J connectivity index is 2.00. The molecule has 0 radical (unpaired) electrons. The van der Waals surface area contributed by atoms with Crippen molar-refractivity contribution in [3.63, 3.8) is 0 Å². The fraction of sp³-hybridized carbons (Fsp3) is 0.846. The first-order valence-electron chi connectivity index (χ1n) is 6.51. The van der Waals surface area contributed by atoms with Gasteiger partial charge in [-0.2, -0.15) is 0 Å². The Morgan fingerprint density at radius 3 is 2.71 bits per heavy atom. The lowest BCUT2D eigenvalue weighted by Crippen LogP contribution is -2.42. The van der Waals surface area contributed by atoms with Crippen LogP contribution in [0, 0.1) is 5.92 Å². The minimum Gasteiger partial charge on any atom is -0.378 e. The summed E-state index contributed by atoms with van der Waals surface area (Å²) in [5.74, 6) is 0.367. The van der Waals surface area contributed by atoms with Crippen molar-refractivity contribution in [2.75, 3.05) is 13.2 Å². The first-order chi connectivity index (χ1) is 8.09. The van der Waals surface area contributed by atoms with Crippen molar-refractivity contribution in [3.05, 3.63) is 0 Å². The van der Waals surface area contributed by atoms with Crippen molar-refractivity contribution < 1.29 is 14.3 Å². The molecular formula is C13H21NO3. The van der Waals surface area contributed by atoms with E-state index in [0.29, 0.717) is 13.0 Å². The smallest absolute Gasteiger partial charge is 0.228 e. The van der Waals surface area contributed by atoms with Crippen LogP contribution in [-0.4, -0.2) is 41.9 Å². The van der Waals surface area contributed by atoms with Gasteiger partial charge in [-0.3, -0.25) is 9.59 Å². The van der Waals surface area contributed by atoms with E-state index in [1.54, 1.807) is 6.92 Å². The van der Waals surface area contributed by atoms with E-state index in [1.807, 2.05) is 11.8 Å². The second-order valence-electron chi connectivity index (χ2n) is 5.20. The van der Waals surface area contributed by atoms with E-state index >= 15 is 0 Å². The molecule has 2 aliphatic heterocycles. The molecule has 2 rings (SSSR count). The van der Waals surface area contributed by atoms with Crippen molar-refractivity contribution in [2.45, 2.75) is 51.7 Å². The van der Waals surface area contributed by atoms with Gasteiger partial charge in [-0.1, -0.05) is 0 Å². The number of hydrogen-bond donors (Lipinski definition) is 0. The van der Waals surface area contributed by atoms with Crippen LogP contribution in [0.3, 0.4) is 0 Å². The zero-order chi connectivity index (χ0) is 12.4. The molecule has 0 saturated carbocycles. The molecule has 2 fully saturated rings. The molecule has 0 aromatic heterocycles. The van der Waals surface area contributed by atoms with Crippen molar-refractivity contribution in [3.8, 4) is 0 Å². The van der Waals surface area contributed by atoms with Crippen LogP contribution in [0.2, 0.25) is 0 Å². The molecule has 96 valence electrons. The summed E-state index contributed by atoms with van der Waals surface area (Å²) in [5, 5.41) is 0. The van der Waals surface area contributed by atoms with Crippen molar-refractivity contribution in [1.82, 2.24) is 4.90 Å². The van der Waals surface area contributed by atoms with Crippen LogP contribution in [0.5, 0.6) is 0 Å². The lowest BCUT2D eigenvalue weighted by Gasteiger charge is -2.27. The zero-order valence-corrected chi connectivity index (χ0v) is 10.6. The first kappa shape index (κ1) is 12.6. The van der Waals surface area contributed by atoms with E-state index in [2.05, 4.69) is 0 Å². The molecule has 4 nitrogen and oxygen atoms in total. The van der Waals surface area contributed by atoms with Crippen LogP contribution < -0.4 is 0 Å². The van der Waals surface area contributed by atoms with Crippen LogP contribution >= 0.6 is 0 Å². The number of Topliss-reactive ketones (excluding diaryl/α,β-unsaturated/α-hetero) is 1. The van der Waals surface area contributed by atoms with Crippen LogP contribution in [-0.2, 0) is 14.3 Å². The summed E-state index contributed by atoms with van der Waals surface area (Å²) in [4.78, 5) is 25.5. The molecule has 2 heterocycles. The van der Waals surface area contributed by atoms with Crippen LogP contribution in [0.1, 0.15) is 39.5 Å². The second-order valence-corrected chi connectivity index (χ2v) is 5.20. The predicted octanol–water partition coefficient (Wildman–Crippen LogP) is 1.38. The van der Waals surface area contributed by atoms with Gasteiger partial charge in [0.2, 0.25) is 5.91 Å². The first-order valence-corrected chi connectivity index (χ1v) is 6.51. The Hall–Kier alpha value is -0.900. The number of hydrogen-bond acceptors (Lipinski definition) is 3. The quantitative estimate of drug-likeness (QED) is 0.747. The van der Waals surface area contributed by atoms with Gasteiger partial charge >= 0.3 is 0 Å². The van der Waals surface area contributed by atoms with E-state index < -0.39 is 0 Å². The van der Waals surface area contributed by atoms with E-state index in [4.69, 9.17) is 4.74 Å². The van der Waals surface area contributed by atoms with Gasteiger partial charge in [0.1, 0.15) is 5.78 Å². The molecule has 0 spiro atoms. The number of carbonyl (C=O) groups is 2. The molecule has 3 unspecified atom stereocenters. The largest absolute Gasteiger partial charge is 0.378 e. The predicted molar refractivity (Wildman–Crippen MR) is 63.6 cm³/mol. The number of ether oxygens (including phenoxy) is 1. The molecule has 0 aromatic carbocycles. The number of rotatable bonds is 3. The van der Waals surface area contributed by atoms with Crippen LogP contribution in [0.4, 0.5) is 0 Å². The summed E-state index contributed by atoms with van der Waals surface area (Å²) in [6, 6.07) is 0.132. The number of amides is 1. The highest BCUT2D eigenvalue weighted by atomic mass is 16.5. The summed E-state index contributed by atoms with van der Waals surface area (Å²) < 4.78 is 5.45. The maximum absolute atomic E-state index is 12.4. The molecule has 4 heteroatoms. The third-order valence-corrected chi connectivity index (χ3v) is 3.88. The molecule has 0 bridgehead atoms. The second kappa shape index (κ2) is 5.17. The summed E-state index contributed by atoms with van der Waals surface area (Å²) >= 11 is 0. The molecule has 3 atom stereocenters. The lowest BCUT2D eigenvalue weighted by atomic mass is 10.00. The van der Waals surface area contributed by atoms with Gasteiger partial charge in [-0.15, -0.1) is 0 Å². The highest BCUT2D eigenvalue weighted by Gasteiger charge is 2.38. The fourth-order valence-electron chi connectivity index (χ4n) is 2.94. The van der Waals surface area contributed by atoms with E-state index in [9.17, 15) is 9.59 Å². The molecule has 0 aliphatic carbocycles. The molecule has 0 aromatic rings. The summed E-state index contributed by atoms with van der Waals surface area (Å²) in [7, 11) is 0. The van der Waals surface area contributed by atoms with Gasteiger partial charge < -0.3 is 9.64 Å². The third-order valence-electron chi connectivity index (χ3n) is 3.88. The minimum atomic E-state index is 0.00237. The number of likely N-dealkylation sites (tertiary alicyclic amines) is 1.